The van der Waals surface area contributed by atoms with Crippen molar-refractivity contribution in [3.63, 3.8) is 0 Å². The Labute approximate surface area is 348 Å². The van der Waals surface area contributed by atoms with Crippen molar-refractivity contribution >= 4 is 0 Å². The molecule has 0 bridgehead atoms. The SMILES string of the molecule is Cc1cc(OCc2ccccc2)c([C@@H]2O[C@H](COCc3ccccc3)C(O)(CO)[C@H](OCc3ccccc3)[C@H]2OCc2ccccc2)cc1Cc1ccc(C2CC2)cc1. The standard InChI is InChI=1S/C52H54O7/c1-37-28-47(56-32-40-16-8-3-9-17-40)46(30-45(37)29-38-22-24-43(25-23-38)44-26-27-44)49-50(57-33-41-18-10-4-11-19-41)51(58-34-42-20-12-5-13-21-42)52(54,36-53)48(59-49)35-55-31-39-14-6-2-7-15-39/h2-25,28,30,44,48-51,53-54H,26-27,29,31-36H2,1H3/t48-,49+,50+,51-,52?/m1/s1. The molecule has 2 aliphatic rings. The average Bonchev–Trinajstić information content (AvgIpc) is 4.14. The molecule has 0 spiro atoms. The van der Waals surface area contributed by atoms with Gasteiger partial charge in [-0.05, 0) is 88.7 Å². The van der Waals surface area contributed by atoms with Crippen molar-refractivity contribution in [1.29, 1.82) is 0 Å². The van der Waals surface area contributed by atoms with Gasteiger partial charge in [0.1, 0.15) is 42.4 Å². The minimum atomic E-state index is -1.90. The van der Waals surface area contributed by atoms with Crippen molar-refractivity contribution in [2.24, 2.45) is 0 Å². The molecule has 1 aliphatic carbocycles. The number of aliphatic hydroxyl groups excluding tert-OH is 1. The lowest BCUT2D eigenvalue weighted by Crippen LogP contribution is -2.67. The summed E-state index contributed by atoms with van der Waals surface area (Å²) in [6.07, 6.45) is -0.472. The van der Waals surface area contributed by atoms with Gasteiger partial charge in [-0.25, -0.2) is 0 Å². The number of benzene rings is 6. The van der Waals surface area contributed by atoms with Crippen molar-refractivity contribution in [2.75, 3.05) is 13.2 Å². The molecule has 304 valence electrons. The molecule has 2 N–H and O–H groups in total. The molecule has 5 atom stereocenters. The zero-order valence-corrected chi connectivity index (χ0v) is 33.7. The van der Waals surface area contributed by atoms with Crippen LogP contribution in [0.3, 0.4) is 0 Å². The predicted molar refractivity (Wildman–Crippen MR) is 229 cm³/mol. The van der Waals surface area contributed by atoms with Gasteiger partial charge in [-0.15, -0.1) is 0 Å². The molecule has 6 aromatic carbocycles. The van der Waals surface area contributed by atoms with Crippen molar-refractivity contribution in [3.05, 3.63) is 208 Å². The minimum Gasteiger partial charge on any atom is -0.489 e. The Kier molecular flexibility index (Phi) is 13.3. The molecule has 2 fully saturated rings. The van der Waals surface area contributed by atoms with Gasteiger partial charge in [0, 0.05) is 5.56 Å². The lowest BCUT2D eigenvalue weighted by Gasteiger charge is -2.51. The highest BCUT2D eigenvalue weighted by atomic mass is 16.6. The zero-order valence-electron chi connectivity index (χ0n) is 33.7. The Bertz CT molecular complexity index is 2190. The van der Waals surface area contributed by atoms with Crippen molar-refractivity contribution in [2.45, 2.75) is 88.5 Å². The number of aliphatic hydroxyl groups is 2. The van der Waals surface area contributed by atoms with Gasteiger partial charge in [-0.1, -0.05) is 146 Å². The first-order chi connectivity index (χ1) is 29.0. The van der Waals surface area contributed by atoms with Crippen LogP contribution < -0.4 is 4.74 Å². The van der Waals surface area contributed by atoms with Gasteiger partial charge >= 0.3 is 0 Å². The Hall–Kier alpha value is -5.12. The van der Waals surface area contributed by atoms with Crippen LogP contribution in [0.15, 0.2) is 158 Å². The van der Waals surface area contributed by atoms with E-state index >= 15 is 0 Å². The highest BCUT2D eigenvalue weighted by molar-refractivity contribution is 5.47. The highest BCUT2D eigenvalue weighted by Crippen LogP contribution is 2.45. The summed E-state index contributed by atoms with van der Waals surface area (Å²) in [4.78, 5) is 0. The average molecular weight is 791 g/mol. The fourth-order valence-electron chi connectivity index (χ4n) is 7.99. The normalized spacial score (nSPS) is 21.6. The van der Waals surface area contributed by atoms with Crippen LogP contribution in [0.4, 0.5) is 0 Å². The number of hydrogen-bond donors (Lipinski definition) is 2. The zero-order chi connectivity index (χ0) is 40.4. The quantitative estimate of drug-likeness (QED) is 0.0897. The summed E-state index contributed by atoms with van der Waals surface area (Å²) >= 11 is 0. The smallest absolute Gasteiger partial charge is 0.145 e. The summed E-state index contributed by atoms with van der Waals surface area (Å²) < 4.78 is 33.7. The molecule has 7 heteroatoms. The summed E-state index contributed by atoms with van der Waals surface area (Å²) in [6.45, 7) is 2.51. The predicted octanol–water partition coefficient (Wildman–Crippen LogP) is 9.59. The van der Waals surface area contributed by atoms with Crippen LogP contribution >= 0.6 is 0 Å². The molecule has 1 saturated carbocycles. The van der Waals surface area contributed by atoms with E-state index in [9.17, 15) is 10.2 Å². The van der Waals surface area contributed by atoms with Gasteiger partial charge in [0.15, 0.2) is 0 Å². The molecular weight excluding hydrogens is 737 g/mol. The second-order valence-corrected chi connectivity index (χ2v) is 16.0. The van der Waals surface area contributed by atoms with Crippen LogP contribution in [-0.4, -0.2) is 47.3 Å². The van der Waals surface area contributed by atoms with E-state index in [2.05, 4.69) is 43.3 Å². The molecule has 0 radical (unpaired) electrons. The summed E-state index contributed by atoms with van der Waals surface area (Å²) in [5.41, 5.74) is 7.60. The third-order valence-electron chi connectivity index (χ3n) is 11.6. The molecule has 1 aliphatic heterocycles. The third-order valence-corrected chi connectivity index (χ3v) is 11.6. The van der Waals surface area contributed by atoms with E-state index in [1.54, 1.807) is 0 Å². The second kappa shape index (κ2) is 19.3. The highest BCUT2D eigenvalue weighted by Gasteiger charge is 2.57. The molecule has 59 heavy (non-hydrogen) atoms. The number of rotatable bonds is 18. The Morgan fingerprint density at radius 3 is 1.73 bits per heavy atom. The van der Waals surface area contributed by atoms with Gasteiger partial charge in [0.2, 0.25) is 0 Å². The van der Waals surface area contributed by atoms with E-state index < -0.39 is 36.6 Å². The van der Waals surface area contributed by atoms with Crippen LogP contribution in [0.5, 0.6) is 5.75 Å². The lowest BCUT2D eigenvalue weighted by atomic mass is 9.80. The van der Waals surface area contributed by atoms with Gasteiger partial charge in [0.05, 0.1) is 33.0 Å². The topological polar surface area (TPSA) is 86.6 Å². The Morgan fingerprint density at radius 1 is 0.627 bits per heavy atom. The van der Waals surface area contributed by atoms with Crippen LogP contribution in [0.1, 0.15) is 74.9 Å². The first-order valence-corrected chi connectivity index (χ1v) is 20.8. The Balaban J connectivity index is 1.20. The first-order valence-electron chi connectivity index (χ1n) is 20.8. The van der Waals surface area contributed by atoms with Crippen LogP contribution in [0, 0.1) is 6.92 Å². The maximum absolute atomic E-state index is 12.7. The summed E-state index contributed by atoms with van der Waals surface area (Å²) in [7, 11) is 0. The van der Waals surface area contributed by atoms with Crippen molar-refractivity contribution in [1.82, 2.24) is 0 Å². The maximum atomic E-state index is 12.7. The monoisotopic (exact) mass is 790 g/mol. The third kappa shape index (κ3) is 10.2. The minimum absolute atomic E-state index is 0.00861. The fourth-order valence-corrected chi connectivity index (χ4v) is 7.99. The maximum Gasteiger partial charge on any atom is 0.145 e. The van der Waals surface area contributed by atoms with E-state index in [0.717, 1.165) is 38.9 Å². The second-order valence-electron chi connectivity index (χ2n) is 16.0. The molecular formula is C52H54O7. The van der Waals surface area contributed by atoms with Crippen molar-refractivity contribution < 1.29 is 33.9 Å². The van der Waals surface area contributed by atoms with Crippen LogP contribution in [-0.2, 0) is 51.8 Å². The number of aryl methyl sites for hydroxylation is 1. The van der Waals surface area contributed by atoms with Crippen LogP contribution in [0.2, 0.25) is 0 Å². The van der Waals surface area contributed by atoms with E-state index in [0.29, 0.717) is 31.3 Å². The molecule has 7 nitrogen and oxygen atoms in total. The largest absolute Gasteiger partial charge is 0.489 e. The molecule has 0 amide bonds. The molecule has 1 unspecified atom stereocenters. The van der Waals surface area contributed by atoms with Crippen LogP contribution in [0.25, 0.3) is 0 Å². The van der Waals surface area contributed by atoms with E-state index in [1.165, 1.54) is 24.0 Å². The molecule has 0 aromatic heterocycles. The van der Waals surface area contributed by atoms with Crippen molar-refractivity contribution in [3.8, 4) is 5.75 Å². The van der Waals surface area contributed by atoms with Gasteiger partial charge in [-0.2, -0.15) is 0 Å². The molecule has 6 aromatic rings. The fraction of sp³-hybridized carbons (Fsp3) is 0.308. The summed E-state index contributed by atoms with van der Waals surface area (Å²) in [5, 5.41) is 23.9. The van der Waals surface area contributed by atoms with E-state index in [1.807, 2.05) is 121 Å². The van der Waals surface area contributed by atoms with Gasteiger partial charge < -0.3 is 33.9 Å². The molecule has 1 heterocycles. The number of hydrogen-bond acceptors (Lipinski definition) is 7. The molecule has 8 rings (SSSR count). The van der Waals surface area contributed by atoms with Gasteiger partial charge in [0.25, 0.3) is 0 Å². The van der Waals surface area contributed by atoms with E-state index in [4.69, 9.17) is 23.7 Å². The Morgan fingerprint density at radius 2 is 1.17 bits per heavy atom. The summed E-state index contributed by atoms with van der Waals surface area (Å²) in [5.74, 6) is 1.34. The first kappa shape index (κ1) is 40.7. The molecule has 1 saturated heterocycles. The summed E-state index contributed by atoms with van der Waals surface area (Å²) in [6, 6.07) is 53.0. The lowest BCUT2D eigenvalue weighted by molar-refractivity contribution is -0.310. The van der Waals surface area contributed by atoms with E-state index in [-0.39, 0.29) is 19.8 Å². The number of ether oxygens (including phenoxy) is 5. The van der Waals surface area contributed by atoms with Gasteiger partial charge in [-0.3, -0.25) is 0 Å².